The van der Waals surface area contributed by atoms with Gasteiger partial charge in [-0.15, -0.1) is 5.43 Å². The molecule has 58 valence electrons. The topological polar surface area (TPSA) is 81.5 Å². The van der Waals surface area contributed by atoms with Crippen molar-refractivity contribution in [3.63, 3.8) is 0 Å². The SMILES string of the molecule is CCOC(=O)CN[N+](=O)[O-]. The summed E-state index contributed by atoms with van der Waals surface area (Å²) in [5.74, 6) is -0.626. The Kier molecular flexibility index (Phi) is 3.94. The molecule has 0 aliphatic carbocycles. The molecular weight excluding hydrogens is 140 g/mol. The Morgan fingerprint density at radius 1 is 1.80 bits per heavy atom. The van der Waals surface area contributed by atoms with Crippen molar-refractivity contribution in [1.82, 2.24) is 5.43 Å². The van der Waals surface area contributed by atoms with E-state index in [-0.39, 0.29) is 13.2 Å². The number of hydrazine groups is 1. The van der Waals surface area contributed by atoms with Crippen LogP contribution in [-0.2, 0) is 9.53 Å². The summed E-state index contributed by atoms with van der Waals surface area (Å²) in [5, 5.41) is 8.80. The summed E-state index contributed by atoms with van der Waals surface area (Å²) in [5.41, 5.74) is 1.68. The lowest BCUT2D eigenvalue weighted by atomic mass is 10.7. The molecule has 10 heavy (non-hydrogen) atoms. The van der Waals surface area contributed by atoms with Gasteiger partial charge in [-0.3, -0.25) is 0 Å². The molecule has 1 N–H and O–H groups in total. The number of hydrogen-bond donors (Lipinski definition) is 1. The van der Waals surface area contributed by atoms with Crippen LogP contribution in [0.15, 0.2) is 0 Å². The van der Waals surface area contributed by atoms with Crippen LogP contribution in [0, 0.1) is 10.1 Å². The number of esters is 1. The van der Waals surface area contributed by atoms with E-state index in [0.29, 0.717) is 0 Å². The largest absolute Gasteiger partial charge is 0.465 e. The van der Waals surface area contributed by atoms with E-state index in [1.54, 1.807) is 12.3 Å². The molecule has 0 aliphatic rings. The zero-order valence-electron chi connectivity index (χ0n) is 5.49. The standard InChI is InChI=1S/C4H8N2O4/c1-2-10-4(7)3-5-6(8)9/h5H,2-3H2,1H3. The predicted octanol–water partition coefficient (Wildman–Crippen LogP) is -0.669. The van der Waals surface area contributed by atoms with Crippen molar-refractivity contribution >= 4 is 5.97 Å². The van der Waals surface area contributed by atoms with Crippen LogP contribution in [0.5, 0.6) is 0 Å². The van der Waals surface area contributed by atoms with Crippen LogP contribution in [0.2, 0.25) is 0 Å². The summed E-state index contributed by atoms with van der Waals surface area (Å²) in [6.45, 7) is 1.48. The molecule has 0 rings (SSSR count). The zero-order valence-corrected chi connectivity index (χ0v) is 5.49. The normalized spacial score (nSPS) is 8.50. The summed E-state index contributed by atoms with van der Waals surface area (Å²) in [6, 6.07) is 0. The van der Waals surface area contributed by atoms with E-state index in [4.69, 9.17) is 0 Å². The molecule has 6 heteroatoms. The van der Waals surface area contributed by atoms with E-state index in [2.05, 4.69) is 4.74 Å². The van der Waals surface area contributed by atoms with Crippen molar-refractivity contribution in [1.29, 1.82) is 0 Å². The Morgan fingerprint density at radius 2 is 2.40 bits per heavy atom. The van der Waals surface area contributed by atoms with Gasteiger partial charge in [0.1, 0.15) is 0 Å². The predicted molar refractivity (Wildman–Crippen MR) is 31.6 cm³/mol. The van der Waals surface area contributed by atoms with Crippen LogP contribution >= 0.6 is 0 Å². The number of ether oxygens (including phenoxy) is 1. The molecule has 0 saturated heterocycles. The molecule has 6 nitrogen and oxygen atoms in total. The molecule has 0 spiro atoms. The van der Waals surface area contributed by atoms with Gasteiger partial charge >= 0.3 is 5.97 Å². The molecule has 0 heterocycles. The molecule has 0 aromatic rings. The molecule has 0 saturated carbocycles. The van der Waals surface area contributed by atoms with Crippen LogP contribution in [-0.4, -0.2) is 24.2 Å². The first-order valence-electron chi connectivity index (χ1n) is 2.70. The molecular formula is C4H8N2O4. The fraction of sp³-hybridized carbons (Fsp3) is 0.750. The van der Waals surface area contributed by atoms with Crippen LogP contribution in [0.1, 0.15) is 6.92 Å². The fourth-order valence-corrected chi connectivity index (χ4v) is 0.341. The molecule has 0 aliphatic heterocycles. The van der Waals surface area contributed by atoms with E-state index < -0.39 is 11.0 Å². The third-order valence-electron chi connectivity index (χ3n) is 0.658. The van der Waals surface area contributed by atoms with Gasteiger partial charge in [0.25, 0.3) is 0 Å². The van der Waals surface area contributed by atoms with Gasteiger partial charge in [-0.2, -0.15) is 0 Å². The van der Waals surface area contributed by atoms with Gasteiger partial charge in [-0.05, 0) is 6.92 Å². The van der Waals surface area contributed by atoms with E-state index in [0.717, 1.165) is 0 Å². The Balaban J connectivity index is 3.30. The first-order chi connectivity index (χ1) is 4.66. The number of nitro groups is 1. The molecule has 0 unspecified atom stereocenters. The molecule has 0 aromatic carbocycles. The van der Waals surface area contributed by atoms with E-state index >= 15 is 0 Å². The maximum absolute atomic E-state index is 10.4. The molecule has 0 amide bonds. The molecule has 0 atom stereocenters. The number of nitrogens with one attached hydrogen (secondary N) is 1. The quantitative estimate of drug-likeness (QED) is 0.325. The maximum atomic E-state index is 10.4. The molecule has 0 radical (unpaired) electrons. The summed E-state index contributed by atoms with van der Waals surface area (Å²) >= 11 is 0. The highest BCUT2D eigenvalue weighted by Crippen LogP contribution is 1.73. The maximum Gasteiger partial charge on any atom is 0.331 e. The van der Waals surface area contributed by atoms with Crippen LogP contribution in [0.4, 0.5) is 0 Å². The van der Waals surface area contributed by atoms with Gasteiger partial charge in [0.15, 0.2) is 11.6 Å². The third-order valence-corrected chi connectivity index (χ3v) is 0.658. The highest BCUT2D eigenvalue weighted by Gasteiger charge is 2.03. The average molecular weight is 148 g/mol. The van der Waals surface area contributed by atoms with Gasteiger partial charge in [0.2, 0.25) is 0 Å². The lowest BCUT2D eigenvalue weighted by Crippen LogP contribution is -2.29. The van der Waals surface area contributed by atoms with E-state index in [9.17, 15) is 14.9 Å². The lowest BCUT2D eigenvalue weighted by Gasteiger charge is -1.97. The first kappa shape index (κ1) is 8.67. The monoisotopic (exact) mass is 148 g/mol. The average Bonchev–Trinajstić information content (AvgIpc) is 1.85. The van der Waals surface area contributed by atoms with Gasteiger partial charge in [-0.1, -0.05) is 0 Å². The lowest BCUT2D eigenvalue weighted by molar-refractivity contribution is -0.542. The minimum absolute atomic E-state index is 0.234. The number of rotatable bonds is 4. The first-order valence-corrected chi connectivity index (χ1v) is 2.70. The van der Waals surface area contributed by atoms with E-state index in [1.807, 2.05) is 0 Å². The summed E-state index contributed by atoms with van der Waals surface area (Å²) in [6.07, 6.45) is 0. The number of nitrogens with zero attached hydrogens (tertiary/aromatic N) is 1. The summed E-state index contributed by atoms with van der Waals surface area (Å²) < 4.78 is 4.39. The number of carbonyl (C=O) groups is 1. The number of carbonyl (C=O) groups excluding carboxylic acids is 1. The van der Waals surface area contributed by atoms with Crippen molar-refractivity contribution in [2.75, 3.05) is 13.2 Å². The third kappa shape index (κ3) is 4.82. The van der Waals surface area contributed by atoms with Gasteiger partial charge in [-0.25, -0.2) is 14.9 Å². The van der Waals surface area contributed by atoms with Crippen molar-refractivity contribution < 1.29 is 14.6 Å². The Bertz CT molecular complexity index is 135. The number of hydrogen-bond acceptors (Lipinski definition) is 4. The summed E-state index contributed by atoms with van der Waals surface area (Å²) in [7, 11) is 0. The Hall–Kier alpha value is -1.33. The second-order valence-corrected chi connectivity index (χ2v) is 1.40. The van der Waals surface area contributed by atoms with E-state index in [1.165, 1.54) is 0 Å². The van der Waals surface area contributed by atoms with Crippen molar-refractivity contribution in [3.05, 3.63) is 10.1 Å². The van der Waals surface area contributed by atoms with Crippen molar-refractivity contribution in [2.45, 2.75) is 6.92 Å². The fourth-order valence-electron chi connectivity index (χ4n) is 0.341. The highest BCUT2D eigenvalue weighted by atomic mass is 16.7. The van der Waals surface area contributed by atoms with Gasteiger partial charge in [0, 0.05) is 0 Å². The van der Waals surface area contributed by atoms with Crippen LogP contribution in [0.3, 0.4) is 0 Å². The zero-order chi connectivity index (χ0) is 7.98. The minimum atomic E-state index is -0.795. The summed E-state index contributed by atoms with van der Waals surface area (Å²) in [4.78, 5) is 20.0. The second-order valence-electron chi connectivity index (χ2n) is 1.40. The molecule has 0 bridgehead atoms. The smallest absolute Gasteiger partial charge is 0.331 e. The highest BCUT2D eigenvalue weighted by molar-refractivity contribution is 5.71. The molecule has 0 fully saturated rings. The Morgan fingerprint density at radius 3 is 2.80 bits per heavy atom. The molecule has 0 aromatic heterocycles. The second kappa shape index (κ2) is 4.54. The van der Waals surface area contributed by atoms with Gasteiger partial charge < -0.3 is 4.74 Å². The van der Waals surface area contributed by atoms with Gasteiger partial charge in [0.05, 0.1) is 6.61 Å². The van der Waals surface area contributed by atoms with Crippen LogP contribution < -0.4 is 5.43 Å². The van der Waals surface area contributed by atoms with Crippen molar-refractivity contribution in [3.8, 4) is 0 Å². The Labute approximate surface area is 57.3 Å². The van der Waals surface area contributed by atoms with Crippen LogP contribution in [0.25, 0.3) is 0 Å². The van der Waals surface area contributed by atoms with Crippen molar-refractivity contribution in [2.24, 2.45) is 0 Å². The minimum Gasteiger partial charge on any atom is -0.465 e.